The number of rotatable bonds is 6. The van der Waals surface area contributed by atoms with Gasteiger partial charge in [-0.25, -0.2) is 9.67 Å². The predicted molar refractivity (Wildman–Crippen MR) is 117 cm³/mol. The molecule has 0 aliphatic carbocycles. The van der Waals surface area contributed by atoms with Crippen LogP contribution >= 0.6 is 11.8 Å². The Kier molecular flexibility index (Phi) is 6.18. The molecular weight excluding hydrogens is 455 g/mol. The zero-order valence-electron chi connectivity index (χ0n) is 17.5. The summed E-state index contributed by atoms with van der Waals surface area (Å²) in [6.07, 6.45) is -0.427. The lowest BCUT2D eigenvalue weighted by Gasteiger charge is -2.14. The number of carbonyl (C=O) groups is 1. The molecule has 0 saturated heterocycles. The number of amides is 1. The van der Waals surface area contributed by atoms with Gasteiger partial charge < -0.3 is 5.32 Å². The van der Waals surface area contributed by atoms with Gasteiger partial charge in [-0.2, -0.15) is 18.3 Å². The highest BCUT2D eigenvalue weighted by molar-refractivity contribution is 7.99. The van der Waals surface area contributed by atoms with Gasteiger partial charge in [0.1, 0.15) is 19.0 Å². The Balaban J connectivity index is 1.53. The summed E-state index contributed by atoms with van der Waals surface area (Å²) in [5.74, 6) is -0.590. The maximum Gasteiger partial charge on any atom is 0.416 e. The number of halogens is 3. The lowest BCUT2D eigenvalue weighted by molar-refractivity contribution is -0.137. The first kappa shape index (κ1) is 22.5. The van der Waals surface area contributed by atoms with Crippen LogP contribution in [0.15, 0.2) is 60.5 Å². The molecule has 0 bridgehead atoms. The van der Waals surface area contributed by atoms with Crippen molar-refractivity contribution in [3.63, 3.8) is 0 Å². The molecule has 0 radical (unpaired) electrons. The number of nitrogens with one attached hydrogen (secondary N) is 1. The molecule has 4 aromatic rings. The smallest absolute Gasteiger partial charge is 0.323 e. The van der Waals surface area contributed by atoms with Crippen LogP contribution in [0.2, 0.25) is 0 Å². The lowest BCUT2D eigenvalue weighted by atomic mass is 10.1. The summed E-state index contributed by atoms with van der Waals surface area (Å²) in [4.78, 5) is 16.4. The maximum absolute atomic E-state index is 13.2. The largest absolute Gasteiger partial charge is 0.416 e. The van der Waals surface area contributed by atoms with Gasteiger partial charge in [-0.15, -0.1) is 10.2 Å². The van der Waals surface area contributed by atoms with Gasteiger partial charge in [0.2, 0.25) is 5.91 Å². The molecule has 1 N–H and O–H groups in total. The highest BCUT2D eigenvalue weighted by atomic mass is 32.2. The SMILES string of the molecule is Cc1ccc(-n2cnnc2SCC(=O)Nc2cc(C(F)(F)F)ccc2-n2cncn2)c(C)c1. The first-order valence-electron chi connectivity index (χ1n) is 9.69. The van der Waals surface area contributed by atoms with Crippen LogP contribution in [-0.2, 0) is 11.0 Å². The molecule has 0 fully saturated rings. The standard InChI is InChI=1S/C21H18F3N7OS/c1-13-3-5-17(14(2)7-13)30-12-26-29-20(30)33-9-19(32)28-16-8-15(21(22,23)24)4-6-18(16)31-11-25-10-27-31/h3-8,10-12H,9H2,1-2H3,(H,28,32). The van der Waals surface area contributed by atoms with Gasteiger partial charge in [0.15, 0.2) is 5.16 Å². The quantitative estimate of drug-likeness (QED) is 0.422. The molecule has 4 rings (SSSR count). The molecule has 33 heavy (non-hydrogen) atoms. The van der Waals surface area contributed by atoms with E-state index in [1.165, 1.54) is 23.4 Å². The molecule has 0 aliphatic heterocycles. The number of aryl methyl sites for hydroxylation is 2. The Morgan fingerprint density at radius 1 is 1.09 bits per heavy atom. The minimum atomic E-state index is -4.56. The molecule has 0 saturated carbocycles. The summed E-state index contributed by atoms with van der Waals surface area (Å²) >= 11 is 1.12. The van der Waals surface area contributed by atoms with Crippen LogP contribution in [0.1, 0.15) is 16.7 Å². The van der Waals surface area contributed by atoms with Crippen LogP contribution in [0.25, 0.3) is 11.4 Å². The average Bonchev–Trinajstić information content (AvgIpc) is 3.44. The zero-order chi connectivity index (χ0) is 23.6. The van der Waals surface area contributed by atoms with Crippen molar-refractivity contribution in [3.05, 3.63) is 72.1 Å². The van der Waals surface area contributed by atoms with Gasteiger partial charge in [0.05, 0.1) is 28.4 Å². The molecule has 0 atom stereocenters. The molecule has 0 unspecified atom stereocenters. The fraction of sp³-hybridized carbons (Fsp3) is 0.190. The van der Waals surface area contributed by atoms with Crippen molar-refractivity contribution >= 4 is 23.4 Å². The van der Waals surface area contributed by atoms with Gasteiger partial charge in [0, 0.05) is 0 Å². The van der Waals surface area contributed by atoms with Gasteiger partial charge in [0.25, 0.3) is 0 Å². The summed E-state index contributed by atoms with van der Waals surface area (Å²) in [6.45, 7) is 3.95. The second-order valence-corrected chi connectivity index (χ2v) is 8.12. The molecule has 0 aliphatic rings. The third-order valence-corrected chi connectivity index (χ3v) is 5.67. The van der Waals surface area contributed by atoms with Crippen LogP contribution < -0.4 is 5.32 Å². The van der Waals surface area contributed by atoms with Crippen LogP contribution in [0, 0.1) is 13.8 Å². The summed E-state index contributed by atoms with van der Waals surface area (Å²) in [5.41, 5.74) is 2.35. The lowest BCUT2D eigenvalue weighted by Crippen LogP contribution is -2.17. The van der Waals surface area contributed by atoms with E-state index in [-0.39, 0.29) is 17.1 Å². The molecule has 2 heterocycles. The Morgan fingerprint density at radius 3 is 2.58 bits per heavy atom. The average molecular weight is 473 g/mol. The maximum atomic E-state index is 13.2. The van der Waals surface area contributed by atoms with Gasteiger partial charge in [-0.3, -0.25) is 9.36 Å². The Labute approximate surface area is 190 Å². The fourth-order valence-electron chi connectivity index (χ4n) is 3.23. The van der Waals surface area contributed by atoms with Gasteiger partial charge in [-0.1, -0.05) is 29.5 Å². The molecule has 2 aromatic heterocycles. The van der Waals surface area contributed by atoms with E-state index in [0.29, 0.717) is 5.16 Å². The van der Waals surface area contributed by atoms with Crippen LogP contribution in [0.3, 0.4) is 0 Å². The Morgan fingerprint density at radius 2 is 1.88 bits per heavy atom. The minimum Gasteiger partial charge on any atom is -0.323 e. The highest BCUT2D eigenvalue weighted by Crippen LogP contribution is 2.33. The third-order valence-electron chi connectivity index (χ3n) is 4.72. The van der Waals surface area contributed by atoms with Crippen LogP contribution in [0.4, 0.5) is 18.9 Å². The number of nitrogens with zero attached hydrogens (tertiary/aromatic N) is 6. The van der Waals surface area contributed by atoms with Crippen molar-refractivity contribution in [2.75, 3.05) is 11.1 Å². The molecular formula is C21H18F3N7OS. The van der Waals surface area contributed by atoms with E-state index < -0.39 is 17.6 Å². The van der Waals surface area contributed by atoms with Crippen LogP contribution in [0.5, 0.6) is 0 Å². The molecule has 0 spiro atoms. The topological polar surface area (TPSA) is 90.5 Å². The second-order valence-electron chi connectivity index (χ2n) is 7.18. The number of thioether (sulfide) groups is 1. The van der Waals surface area contributed by atoms with Crippen molar-refractivity contribution in [3.8, 4) is 11.4 Å². The van der Waals surface area contributed by atoms with Crippen molar-refractivity contribution in [2.24, 2.45) is 0 Å². The normalized spacial score (nSPS) is 11.5. The van der Waals surface area contributed by atoms with Gasteiger partial charge >= 0.3 is 6.18 Å². The zero-order valence-corrected chi connectivity index (χ0v) is 18.4. The van der Waals surface area contributed by atoms with Crippen molar-refractivity contribution < 1.29 is 18.0 Å². The number of carbonyl (C=O) groups excluding carboxylic acids is 1. The minimum absolute atomic E-state index is 0.0308. The number of hydrogen-bond donors (Lipinski definition) is 1. The fourth-order valence-corrected chi connectivity index (χ4v) is 3.95. The summed E-state index contributed by atoms with van der Waals surface area (Å²) in [5, 5.41) is 15.0. The van der Waals surface area contributed by atoms with E-state index in [2.05, 4.69) is 25.6 Å². The summed E-state index contributed by atoms with van der Waals surface area (Å²) < 4.78 is 42.7. The van der Waals surface area contributed by atoms with E-state index in [4.69, 9.17) is 0 Å². The second kappa shape index (κ2) is 9.06. The number of benzene rings is 2. The van der Waals surface area contributed by atoms with E-state index >= 15 is 0 Å². The summed E-state index contributed by atoms with van der Waals surface area (Å²) in [6, 6.07) is 8.95. The Bertz CT molecular complexity index is 1290. The third kappa shape index (κ3) is 5.06. The van der Waals surface area contributed by atoms with E-state index in [0.717, 1.165) is 40.7 Å². The first-order chi connectivity index (χ1) is 15.7. The highest BCUT2D eigenvalue weighted by Gasteiger charge is 2.31. The molecule has 170 valence electrons. The number of aromatic nitrogens is 6. The monoisotopic (exact) mass is 473 g/mol. The molecule has 1 amide bonds. The molecule has 8 nitrogen and oxygen atoms in total. The van der Waals surface area contributed by atoms with Crippen molar-refractivity contribution in [1.29, 1.82) is 0 Å². The van der Waals surface area contributed by atoms with E-state index in [9.17, 15) is 18.0 Å². The van der Waals surface area contributed by atoms with Crippen molar-refractivity contribution in [2.45, 2.75) is 25.2 Å². The molecule has 12 heteroatoms. The molecule has 2 aromatic carbocycles. The van der Waals surface area contributed by atoms with E-state index in [1.807, 2.05) is 32.0 Å². The van der Waals surface area contributed by atoms with Crippen LogP contribution in [-0.4, -0.2) is 41.2 Å². The number of hydrogen-bond acceptors (Lipinski definition) is 6. The first-order valence-corrected chi connectivity index (χ1v) is 10.7. The predicted octanol–water partition coefficient (Wildman–Crippen LogP) is 4.21. The number of anilines is 1. The van der Waals surface area contributed by atoms with E-state index in [1.54, 1.807) is 10.9 Å². The van der Waals surface area contributed by atoms with Crippen molar-refractivity contribution in [1.82, 2.24) is 29.5 Å². The number of alkyl halides is 3. The van der Waals surface area contributed by atoms with Gasteiger partial charge in [-0.05, 0) is 43.7 Å². The summed E-state index contributed by atoms with van der Waals surface area (Å²) in [7, 11) is 0. The Hall–Kier alpha value is -3.67.